The Morgan fingerprint density at radius 3 is 2.61 bits per heavy atom. The van der Waals surface area contributed by atoms with E-state index in [1.165, 1.54) is 17.7 Å². The van der Waals surface area contributed by atoms with Gasteiger partial charge >= 0.3 is 0 Å². The zero-order chi connectivity index (χ0) is 19.6. The fourth-order valence-corrected chi connectivity index (χ4v) is 4.73. The van der Waals surface area contributed by atoms with Crippen molar-refractivity contribution in [3.05, 3.63) is 72.1 Å². The van der Waals surface area contributed by atoms with Gasteiger partial charge in [0.15, 0.2) is 5.82 Å². The van der Waals surface area contributed by atoms with Gasteiger partial charge in [-0.25, -0.2) is 23.1 Å². The summed E-state index contributed by atoms with van der Waals surface area (Å²) >= 11 is 1.22. The number of benzene rings is 1. The molecule has 1 N–H and O–H groups in total. The van der Waals surface area contributed by atoms with Crippen LogP contribution in [0.15, 0.2) is 71.5 Å². The molecule has 142 valence electrons. The maximum absolute atomic E-state index is 12.4. The molecule has 10 heteroatoms. The van der Waals surface area contributed by atoms with Crippen molar-refractivity contribution < 1.29 is 13.2 Å². The molecule has 0 aliphatic carbocycles. The van der Waals surface area contributed by atoms with Crippen molar-refractivity contribution in [2.45, 2.75) is 11.1 Å². The number of ether oxygens (including phenoxy) is 1. The number of aromatic nitrogens is 4. The summed E-state index contributed by atoms with van der Waals surface area (Å²) in [5.74, 6) is 1.44. The summed E-state index contributed by atoms with van der Waals surface area (Å²) in [5, 5.41) is 4.11. The number of aryl methyl sites for hydroxylation is 1. The Morgan fingerprint density at radius 1 is 1.11 bits per heavy atom. The van der Waals surface area contributed by atoms with Gasteiger partial charge in [-0.2, -0.15) is 5.10 Å². The molecule has 3 aromatic heterocycles. The molecule has 28 heavy (non-hydrogen) atoms. The highest BCUT2D eigenvalue weighted by Crippen LogP contribution is 2.26. The molecule has 3 heterocycles. The van der Waals surface area contributed by atoms with Crippen LogP contribution in [0.2, 0.25) is 0 Å². The number of rotatable bonds is 6. The lowest BCUT2D eigenvalue weighted by atomic mass is 10.3. The molecular weight excluding hydrogens is 398 g/mol. The molecule has 1 aromatic carbocycles. The predicted octanol–water partition coefficient (Wildman–Crippen LogP) is 3.63. The highest BCUT2D eigenvalue weighted by molar-refractivity contribution is 7.94. The Balaban J connectivity index is 1.47. The van der Waals surface area contributed by atoms with Crippen LogP contribution in [-0.2, 0) is 10.0 Å². The number of sulfonamides is 1. The van der Waals surface area contributed by atoms with Gasteiger partial charge in [0.05, 0.1) is 0 Å². The molecular formula is C18H15N5O3S2. The summed E-state index contributed by atoms with van der Waals surface area (Å²) < 4.78 is 34.9. The molecule has 0 radical (unpaired) electrons. The van der Waals surface area contributed by atoms with E-state index in [4.69, 9.17) is 4.74 Å². The maximum atomic E-state index is 12.4. The van der Waals surface area contributed by atoms with Crippen molar-refractivity contribution in [1.82, 2.24) is 19.7 Å². The predicted molar refractivity (Wildman–Crippen MR) is 106 cm³/mol. The van der Waals surface area contributed by atoms with Gasteiger partial charge in [0, 0.05) is 29.0 Å². The highest BCUT2D eigenvalue weighted by atomic mass is 32.2. The molecule has 0 fully saturated rings. The minimum atomic E-state index is -3.60. The third kappa shape index (κ3) is 4.02. The van der Waals surface area contributed by atoms with Gasteiger partial charge in [0.2, 0.25) is 5.88 Å². The molecule has 4 aromatic rings. The zero-order valence-electron chi connectivity index (χ0n) is 14.7. The molecule has 0 aliphatic heterocycles. The van der Waals surface area contributed by atoms with Crippen LogP contribution in [0, 0.1) is 6.92 Å². The zero-order valence-corrected chi connectivity index (χ0v) is 16.3. The SMILES string of the molecule is Cc1ccc(S(=O)(=O)Nc2ccc(Oc3cc(-n4cccn4)ncn3)cc2)s1. The normalized spacial score (nSPS) is 11.3. The summed E-state index contributed by atoms with van der Waals surface area (Å²) in [5.41, 5.74) is 0.443. The molecule has 0 bridgehead atoms. The molecule has 0 unspecified atom stereocenters. The monoisotopic (exact) mass is 413 g/mol. The molecule has 0 aliphatic rings. The molecule has 8 nitrogen and oxygen atoms in total. The Bertz CT molecular complexity index is 1190. The number of thiophene rings is 1. The molecule has 0 amide bonds. The van der Waals surface area contributed by atoms with E-state index >= 15 is 0 Å². The van der Waals surface area contributed by atoms with Crippen molar-refractivity contribution in [1.29, 1.82) is 0 Å². The van der Waals surface area contributed by atoms with E-state index in [2.05, 4.69) is 19.8 Å². The Morgan fingerprint density at radius 2 is 1.93 bits per heavy atom. The van der Waals surface area contributed by atoms with Crippen molar-refractivity contribution in [2.75, 3.05) is 4.72 Å². The lowest BCUT2D eigenvalue weighted by Gasteiger charge is -2.09. The second kappa shape index (κ2) is 7.41. The third-order valence-corrected chi connectivity index (χ3v) is 6.55. The van der Waals surface area contributed by atoms with E-state index in [1.54, 1.807) is 65.6 Å². The van der Waals surface area contributed by atoms with Gasteiger partial charge in [0.25, 0.3) is 10.0 Å². The number of anilines is 1. The Labute approximate surface area is 165 Å². The van der Waals surface area contributed by atoms with Crippen molar-refractivity contribution in [3.63, 3.8) is 0 Å². The highest BCUT2D eigenvalue weighted by Gasteiger charge is 2.16. The minimum Gasteiger partial charge on any atom is -0.439 e. The van der Waals surface area contributed by atoms with Crippen LogP contribution in [0.1, 0.15) is 4.88 Å². The van der Waals surface area contributed by atoms with Crippen molar-refractivity contribution >= 4 is 27.0 Å². The van der Waals surface area contributed by atoms with Crippen LogP contribution in [0.5, 0.6) is 11.6 Å². The summed E-state index contributed by atoms with van der Waals surface area (Å²) in [7, 11) is -3.60. The summed E-state index contributed by atoms with van der Waals surface area (Å²) in [6.45, 7) is 1.86. The summed E-state index contributed by atoms with van der Waals surface area (Å²) in [4.78, 5) is 9.16. The Hall–Kier alpha value is -3.24. The Kier molecular flexibility index (Phi) is 4.80. The van der Waals surface area contributed by atoms with E-state index < -0.39 is 10.0 Å². The van der Waals surface area contributed by atoms with Gasteiger partial charge in [-0.1, -0.05) is 0 Å². The van der Waals surface area contributed by atoms with Crippen LogP contribution in [0.25, 0.3) is 5.82 Å². The van der Waals surface area contributed by atoms with E-state index in [-0.39, 0.29) is 4.21 Å². The molecule has 0 saturated carbocycles. The standard InChI is InChI=1S/C18H15N5O3S2/c1-13-3-8-18(27-13)28(24,25)22-14-4-6-15(7-5-14)26-17-11-16(19-12-20-17)23-10-2-9-21-23/h2-12,22H,1H3. The molecule has 0 spiro atoms. The van der Waals surface area contributed by atoms with Gasteiger partial charge < -0.3 is 4.74 Å². The summed E-state index contributed by atoms with van der Waals surface area (Å²) in [6, 6.07) is 13.4. The topological polar surface area (TPSA) is 99.0 Å². The first-order chi connectivity index (χ1) is 13.5. The summed E-state index contributed by atoms with van der Waals surface area (Å²) in [6.07, 6.45) is 4.81. The fraction of sp³-hybridized carbons (Fsp3) is 0.0556. The largest absolute Gasteiger partial charge is 0.439 e. The molecule has 4 rings (SSSR count). The number of hydrogen-bond acceptors (Lipinski definition) is 7. The van der Waals surface area contributed by atoms with Crippen LogP contribution in [-0.4, -0.2) is 28.2 Å². The van der Waals surface area contributed by atoms with E-state index in [0.717, 1.165) is 4.88 Å². The van der Waals surface area contributed by atoms with Crippen molar-refractivity contribution in [3.8, 4) is 17.4 Å². The average molecular weight is 413 g/mol. The smallest absolute Gasteiger partial charge is 0.271 e. The number of nitrogens with one attached hydrogen (secondary N) is 1. The van der Waals surface area contributed by atoms with Crippen LogP contribution in [0.4, 0.5) is 5.69 Å². The van der Waals surface area contributed by atoms with Crippen LogP contribution in [0.3, 0.4) is 0 Å². The second-order valence-electron chi connectivity index (χ2n) is 5.76. The average Bonchev–Trinajstić information content (AvgIpc) is 3.35. The van der Waals surface area contributed by atoms with Gasteiger partial charge in [0.1, 0.15) is 16.3 Å². The van der Waals surface area contributed by atoms with E-state index in [1.807, 2.05) is 6.92 Å². The number of nitrogens with zero attached hydrogens (tertiary/aromatic N) is 4. The van der Waals surface area contributed by atoms with E-state index in [9.17, 15) is 8.42 Å². The first kappa shape index (κ1) is 18.1. The first-order valence-electron chi connectivity index (χ1n) is 8.19. The van der Waals surface area contributed by atoms with Gasteiger partial charge in [-0.3, -0.25) is 4.72 Å². The van der Waals surface area contributed by atoms with Gasteiger partial charge in [-0.15, -0.1) is 11.3 Å². The molecule has 0 saturated heterocycles. The number of hydrogen-bond donors (Lipinski definition) is 1. The maximum Gasteiger partial charge on any atom is 0.271 e. The van der Waals surface area contributed by atoms with E-state index in [0.29, 0.717) is 23.1 Å². The second-order valence-corrected chi connectivity index (χ2v) is 8.96. The van der Waals surface area contributed by atoms with Crippen LogP contribution >= 0.6 is 11.3 Å². The van der Waals surface area contributed by atoms with Gasteiger partial charge in [-0.05, 0) is 49.4 Å². The fourth-order valence-electron chi connectivity index (χ4n) is 2.39. The third-order valence-electron chi connectivity index (χ3n) is 3.68. The molecule has 0 atom stereocenters. The lowest BCUT2D eigenvalue weighted by Crippen LogP contribution is -2.11. The van der Waals surface area contributed by atoms with Crippen molar-refractivity contribution in [2.24, 2.45) is 0 Å². The minimum absolute atomic E-state index is 0.275. The lowest BCUT2D eigenvalue weighted by molar-refractivity contribution is 0.460. The van der Waals surface area contributed by atoms with Crippen LogP contribution < -0.4 is 9.46 Å². The first-order valence-corrected chi connectivity index (χ1v) is 10.5. The quantitative estimate of drug-likeness (QED) is 0.518.